The summed E-state index contributed by atoms with van der Waals surface area (Å²) in [6, 6.07) is 16.2. The molecule has 0 unspecified atom stereocenters. The van der Waals surface area contributed by atoms with Gasteiger partial charge in [-0.1, -0.05) is 23.7 Å². The molecule has 5 heteroatoms. The quantitative estimate of drug-likeness (QED) is 0.345. The number of hydrogen-bond donors (Lipinski definition) is 2. The van der Waals surface area contributed by atoms with Crippen LogP contribution < -0.4 is 0 Å². The van der Waals surface area contributed by atoms with Crippen molar-refractivity contribution in [1.82, 2.24) is 0 Å². The maximum Gasteiger partial charge on any atom is 0.136 e. The Balaban J connectivity index is 1.80. The summed E-state index contributed by atoms with van der Waals surface area (Å²) in [7, 11) is 0. The van der Waals surface area contributed by atoms with Crippen LogP contribution in [0.4, 0.5) is 4.39 Å². The highest BCUT2D eigenvalue weighted by Crippen LogP contribution is 2.40. The second kappa shape index (κ2) is 5.63. The first-order valence-electron chi connectivity index (χ1n) is 8.27. The second-order valence-electron chi connectivity index (χ2n) is 6.44. The molecule has 0 saturated heterocycles. The molecule has 5 aromatic rings. The van der Waals surface area contributed by atoms with Crippen molar-refractivity contribution in [3.8, 4) is 22.6 Å². The van der Waals surface area contributed by atoms with Gasteiger partial charge in [0, 0.05) is 21.9 Å². The molecule has 4 aromatic carbocycles. The van der Waals surface area contributed by atoms with E-state index in [0.717, 1.165) is 5.39 Å². The fourth-order valence-corrected chi connectivity index (χ4v) is 3.77. The van der Waals surface area contributed by atoms with Gasteiger partial charge in [-0.2, -0.15) is 0 Å². The second-order valence-corrected chi connectivity index (χ2v) is 6.85. The third-order valence-corrected chi connectivity index (χ3v) is 5.08. The van der Waals surface area contributed by atoms with Crippen molar-refractivity contribution in [2.75, 3.05) is 0 Å². The number of benzene rings is 4. The molecule has 0 bridgehead atoms. The van der Waals surface area contributed by atoms with E-state index in [4.69, 9.17) is 16.0 Å². The highest BCUT2D eigenvalue weighted by atomic mass is 35.5. The Bertz CT molecular complexity index is 1370. The highest BCUT2D eigenvalue weighted by molar-refractivity contribution is 6.37. The van der Waals surface area contributed by atoms with Gasteiger partial charge in [-0.25, -0.2) is 4.39 Å². The van der Waals surface area contributed by atoms with Crippen molar-refractivity contribution < 1.29 is 19.0 Å². The van der Waals surface area contributed by atoms with Crippen LogP contribution in [-0.2, 0) is 0 Å². The van der Waals surface area contributed by atoms with E-state index in [1.165, 1.54) is 12.1 Å². The Morgan fingerprint density at radius 3 is 2.52 bits per heavy atom. The molecule has 5 rings (SSSR count). The van der Waals surface area contributed by atoms with Gasteiger partial charge in [0.2, 0.25) is 0 Å². The Hall–Kier alpha value is -3.24. The number of phenols is 2. The standard InChI is InChI=1S/C22H12ClFO3/c23-17-2-1-3-20-22(17)16-9-18(24)14(10-21(16)27-20)15-7-11-4-5-13(25)6-12(11)8-19(15)26/h1-10,25-26H. The van der Waals surface area contributed by atoms with Crippen molar-refractivity contribution in [3.05, 3.63) is 71.5 Å². The molecule has 0 aliphatic carbocycles. The highest BCUT2D eigenvalue weighted by Gasteiger charge is 2.17. The van der Waals surface area contributed by atoms with Crippen LogP contribution in [0.2, 0.25) is 5.02 Å². The number of hydrogen-bond acceptors (Lipinski definition) is 3. The summed E-state index contributed by atoms with van der Waals surface area (Å²) in [6.07, 6.45) is 0. The van der Waals surface area contributed by atoms with E-state index in [9.17, 15) is 14.6 Å². The first kappa shape index (κ1) is 16.0. The molecule has 0 amide bonds. The summed E-state index contributed by atoms with van der Waals surface area (Å²) < 4.78 is 20.8. The lowest BCUT2D eigenvalue weighted by atomic mass is 9.98. The van der Waals surface area contributed by atoms with Crippen LogP contribution in [0.3, 0.4) is 0 Å². The van der Waals surface area contributed by atoms with Gasteiger partial charge in [0.05, 0.1) is 5.02 Å². The van der Waals surface area contributed by atoms with Crippen LogP contribution in [0.1, 0.15) is 0 Å². The van der Waals surface area contributed by atoms with E-state index >= 15 is 0 Å². The van der Waals surface area contributed by atoms with Gasteiger partial charge >= 0.3 is 0 Å². The number of halogens is 2. The molecule has 0 spiro atoms. The molecule has 2 N–H and O–H groups in total. The molecule has 0 fully saturated rings. The SMILES string of the molecule is Oc1ccc2cc(-c3cc4oc5cccc(Cl)c5c4cc3F)c(O)cc2c1. The Kier molecular flexibility index (Phi) is 3.33. The lowest BCUT2D eigenvalue weighted by Crippen LogP contribution is -1.86. The maximum absolute atomic E-state index is 15.0. The van der Waals surface area contributed by atoms with E-state index in [2.05, 4.69) is 0 Å². The van der Waals surface area contributed by atoms with Crippen molar-refractivity contribution in [1.29, 1.82) is 0 Å². The van der Waals surface area contributed by atoms with Crippen LogP contribution in [0.15, 0.2) is 65.1 Å². The van der Waals surface area contributed by atoms with E-state index in [-0.39, 0.29) is 17.1 Å². The van der Waals surface area contributed by atoms with Gasteiger partial charge in [-0.05, 0) is 59.3 Å². The summed E-state index contributed by atoms with van der Waals surface area (Å²) in [5, 5.41) is 23.2. The van der Waals surface area contributed by atoms with Crippen molar-refractivity contribution in [3.63, 3.8) is 0 Å². The van der Waals surface area contributed by atoms with Crippen LogP contribution >= 0.6 is 11.6 Å². The molecule has 27 heavy (non-hydrogen) atoms. The van der Waals surface area contributed by atoms with Crippen LogP contribution in [0.5, 0.6) is 11.5 Å². The third-order valence-electron chi connectivity index (χ3n) is 4.76. The number of rotatable bonds is 1. The van der Waals surface area contributed by atoms with Crippen molar-refractivity contribution >= 4 is 44.3 Å². The normalized spacial score (nSPS) is 11.6. The van der Waals surface area contributed by atoms with Gasteiger partial charge in [-0.3, -0.25) is 0 Å². The fraction of sp³-hybridized carbons (Fsp3) is 0. The molecule has 0 radical (unpaired) electrons. The fourth-order valence-electron chi connectivity index (χ4n) is 3.50. The third kappa shape index (κ3) is 2.41. The molecule has 132 valence electrons. The molecule has 1 heterocycles. The smallest absolute Gasteiger partial charge is 0.136 e. The number of furan rings is 1. The van der Waals surface area contributed by atoms with Gasteiger partial charge in [0.1, 0.15) is 28.5 Å². The number of phenolic OH excluding ortho intramolecular Hbond substituents is 2. The summed E-state index contributed by atoms with van der Waals surface area (Å²) in [6.45, 7) is 0. The van der Waals surface area contributed by atoms with Crippen molar-refractivity contribution in [2.24, 2.45) is 0 Å². The monoisotopic (exact) mass is 378 g/mol. The van der Waals surface area contributed by atoms with Crippen LogP contribution in [0, 0.1) is 5.82 Å². The zero-order valence-electron chi connectivity index (χ0n) is 13.8. The summed E-state index contributed by atoms with van der Waals surface area (Å²) in [4.78, 5) is 0. The average molecular weight is 379 g/mol. The molecule has 0 saturated carbocycles. The minimum Gasteiger partial charge on any atom is -0.508 e. The zero-order valence-corrected chi connectivity index (χ0v) is 14.6. The first-order valence-corrected chi connectivity index (χ1v) is 8.65. The minimum atomic E-state index is -0.487. The summed E-state index contributed by atoms with van der Waals surface area (Å²) in [5.74, 6) is -0.472. The van der Waals surface area contributed by atoms with Crippen LogP contribution in [0.25, 0.3) is 43.8 Å². The molecule has 0 atom stereocenters. The maximum atomic E-state index is 15.0. The molecule has 3 nitrogen and oxygen atoms in total. The van der Waals surface area contributed by atoms with E-state index in [0.29, 0.717) is 37.9 Å². The molecular formula is C22H12ClFO3. The molecule has 0 aliphatic rings. The van der Waals surface area contributed by atoms with Crippen molar-refractivity contribution in [2.45, 2.75) is 0 Å². The minimum absolute atomic E-state index is 0.0829. The zero-order chi connectivity index (χ0) is 18.7. The molecular weight excluding hydrogens is 367 g/mol. The lowest BCUT2D eigenvalue weighted by molar-refractivity contribution is 0.475. The van der Waals surface area contributed by atoms with Crippen LogP contribution in [-0.4, -0.2) is 10.2 Å². The van der Waals surface area contributed by atoms with E-state index < -0.39 is 5.82 Å². The first-order chi connectivity index (χ1) is 13.0. The lowest BCUT2D eigenvalue weighted by Gasteiger charge is -2.09. The Morgan fingerprint density at radius 1 is 0.815 bits per heavy atom. The van der Waals surface area contributed by atoms with E-state index in [1.54, 1.807) is 48.5 Å². The predicted octanol–water partition coefficient (Wildman–Crippen LogP) is 6.61. The average Bonchev–Trinajstić information content (AvgIpc) is 2.99. The number of aromatic hydroxyl groups is 2. The van der Waals surface area contributed by atoms with Gasteiger partial charge in [-0.15, -0.1) is 0 Å². The molecule has 0 aliphatic heterocycles. The van der Waals surface area contributed by atoms with Gasteiger partial charge in [0.25, 0.3) is 0 Å². The summed E-state index contributed by atoms with van der Waals surface area (Å²) >= 11 is 6.25. The van der Waals surface area contributed by atoms with Gasteiger partial charge < -0.3 is 14.6 Å². The van der Waals surface area contributed by atoms with E-state index in [1.807, 2.05) is 0 Å². The largest absolute Gasteiger partial charge is 0.508 e. The number of fused-ring (bicyclic) bond motifs is 4. The predicted molar refractivity (Wildman–Crippen MR) is 105 cm³/mol. The Morgan fingerprint density at radius 2 is 1.67 bits per heavy atom. The van der Waals surface area contributed by atoms with Gasteiger partial charge in [0.15, 0.2) is 0 Å². The topological polar surface area (TPSA) is 53.6 Å². The Labute approximate surface area is 157 Å². The molecule has 1 aromatic heterocycles. The summed E-state index contributed by atoms with van der Waals surface area (Å²) in [5.41, 5.74) is 1.64.